The molecule has 0 saturated carbocycles. The normalized spacial score (nSPS) is 28.7. The number of carbonyl (C=O) groups is 1. The van der Waals surface area contributed by atoms with E-state index >= 15 is 0 Å². The zero-order valence-electron chi connectivity index (χ0n) is 15.7. The van der Waals surface area contributed by atoms with Crippen LogP contribution in [-0.2, 0) is 4.79 Å². The molecule has 3 atom stereocenters. The summed E-state index contributed by atoms with van der Waals surface area (Å²) < 4.78 is 2.07. The van der Waals surface area contributed by atoms with Gasteiger partial charge in [0.1, 0.15) is 0 Å². The Bertz CT molecular complexity index is 710. The maximum Gasteiger partial charge on any atom is 0.250 e. The SMILES string of the molecule is CCC[C@H]1[C@H]2C[C@H](CN(CC(=O)N3CCNCC3)C2)c2cccc(=O)n21. The van der Waals surface area contributed by atoms with Gasteiger partial charge < -0.3 is 14.8 Å². The predicted molar refractivity (Wildman–Crippen MR) is 101 cm³/mol. The molecule has 26 heavy (non-hydrogen) atoms. The molecule has 4 rings (SSSR count). The fourth-order valence-electron chi connectivity index (χ4n) is 5.14. The molecular weight excluding hydrogens is 328 g/mol. The maximum absolute atomic E-state index is 12.7. The minimum absolute atomic E-state index is 0.140. The second-order valence-corrected chi connectivity index (χ2v) is 8.03. The standard InChI is InChI=1S/C20H30N4O2/c1-2-4-17-15-11-16(18-5-3-6-19(25)24(17)18)13-22(12-15)14-20(26)23-9-7-21-8-10-23/h3,5-6,15-17,21H,2,4,7-14H2,1H3/t15-,16+,17-/m0/s1. The summed E-state index contributed by atoms with van der Waals surface area (Å²) in [5, 5.41) is 3.30. The van der Waals surface area contributed by atoms with Crippen molar-refractivity contribution in [1.29, 1.82) is 0 Å². The van der Waals surface area contributed by atoms with E-state index in [2.05, 4.69) is 27.8 Å². The molecule has 1 N–H and O–H groups in total. The van der Waals surface area contributed by atoms with E-state index in [9.17, 15) is 9.59 Å². The van der Waals surface area contributed by atoms with E-state index in [1.165, 1.54) is 5.69 Å². The topological polar surface area (TPSA) is 57.6 Å². The van der Waals surface area contributed by atoms with Crippen molar-refractivity contribution in [1.82, 2.24) is 19.7 Å². The van der Waals surface area contributed by atoms with Crippen LogP contribution in [0.25, 0.3) is 0 Å². The summed E-state index contributed by atoms with van der Waals surface area (Å²) in [5.41, 5.74) is 1.31. The number of hydrogen-bond donors (Lipinski definition) is 1. The van der Waals surface area contributed by atoms with Gasteiger partial charge in [0, 0.05) is 63.0 Å². The second-order valence-electron chi connectivity index (χ2n) is 8.03. The van der Waals surface area contributed by atoms with Crippen LogP contribution in [0.1, 0.15) is 43.8 Å². The van der Waals surface area contributed by atoms with Crippen molar-refractivity contribution in [3.05, 3.63) is 34.2 Å². The van der Waals surface area contributed by atoms with E-state index in [1.54, 1.807) is 6.07 Å². The fraction of sp³-hybridized carbons (Fsp3) is 0.700. The van der Waals surface area contributed by atoms with Gasteiger partial charge in [-0.25, -0.2) is 0 Å². The average Bonchev–Trinajstić information content (AvgIpc) is 2.66. The summed E-state index contributed by atoms with van der Waals surface area (Å²) in [5.74, 6) is 1.09. The van der Waals surface area contributed by atoms with Gasteiger partial charge in [-0.05, 0) is 24.8 Å². The van der Waals surface area contributed by atoms with Gasteiger partial charge in [-0.15, -0.1) is 0 Å². The highest BCUT2D eigenvalue weighted by Gasteiger charge is 2.40. The summed E-state index contributed by atoms with van der Waals surface area (Å²) in [6.45, 7) is 7.94. The molecule has 0 radical (unpaired) electrons. The summed E-state index contributed by atoms with van der Waals surface area (Å²) in [6.07, 6.45) is 3.26. The fourth-order valence-corrected chi connectivity index (χ4v) is 5.14. The zero-order valence-corrected chi connectivity index (χ0v) is 15.7. The van der Waals surface area contributed by atoms with Crippen molar-refractivity contribution < 1.29 is 4.79 Å². The Kier molecular flexibility index (Phi) is 5.14. The van der Waals surface area contributed by atoms with Crippen LogP contribution < -0.4 is 10.9 Å². The Morgan fingerprint density at radius 1 is 1.23 bits per heavy atom. The quantitative estimate of drug-likeness (QED) is 0.874. The summed E-state index contributed by atoms with van der Waals surface area (Å²) in [4.78, 5) is 29.6. The summed E-state index contributed by atoms with van der Waals surface area (Å²) >= 11 is 0. The van der Waals surface area contributed by atoms with Crippen molar-refractivity contribution in [2.75, 3.05) is 45.8 Å². The molecule has 4 heterocycles. The molecule has 0 aliphatic carbocycles. The first-order chi connectivity index (χ1) is 12.7. The van der Waals surface area contributed by atoms with Crippen molar-refractivity contribution in [3.63, 3.8) is 0 Å². The molecule has 0 aromatic carbocycles. The number of aromatic nitrogens is 1. The lowest BCUT2D eigenvalue weighted by Crippen LogP contribution is -2.54. The first-order valence-corrected chi connectivity index (χ1v) is 10.1. The van der Waals surface area contributed by atoms with Crippen LogP contribution in [0.15, 0.2) is 23.0 Å². The van der Waals surface area contributed by atoms with Gasteiger partial charge in [0.15, 0.2) is 0 Å². The smallest absolute Gasteiger partial charge is 0.250 e. The molecule has 0 unspecified atom stereocenters. The van der Waals surface area contributed by atoms with Gasteiger partial charge in [0.2, 0.25) is 5.91 Å². The van der Waals surface area contributed by atoms with E-state index in [4.69, 9.17) is 0 Å². The third kappa shape index (κ3) is 3.32. The molecule has 0 spiro atoms. The van der Waals surface area contributed by atoms with E-state index in [0.29, 0.717) is 18.4 Å². The van der Waals surface area contributed by atoms with Gasteiger partial charge in [-0.2, -0.15) is 0 Å². The van der Waals surface area contributed by atoms with Crippen molar-refractivity contribution in [3.8, 4) is 0 Å². The molecular formula is C20H30N4O2. The number of rotatable bonds is 4. The molecule has 2 bridgehead atoms. The number of piperazine rings is 1. The number of carbonyl (C=O) groups excluding carboxylic acids is 1. The van der Waals surface area contributed by atoms with E-state index in [1.807, 2.05) is 11.0 Å². The van der Waals surface area contributed by atoms with Crippen molar-refractivity contribution in [2.24, 2.45) is 5.92 Å². The molecule has 1 amide bonds. The Morgan fingerprint density at radius 2 is 2.04 bits per heavy atom. The first-order valence-electron chi connectivity index (χ1n) is 10.1. The Morgan fingerprint density at radius 3 is 2.81 bits per heavy atom. The number of nitrogens with one attached hydrogen (secondary N) is 1. The van der Waals surface area contributed by atoms with Crippen LogP contribution in [-0.4, -0.2) is 66.1 Å². The third-order valence-electron chi connectivity index (χ3n) is 6.29. The number of likely N-dealkylation sites (tertiary alicyclic amines) is 1. The number of piperidine rings is 1. The molecule has 6 heteroatoms. The first kappa shape index (κ1) is 17.7. The molecule has 2 fully saturated rings. The molecule has 6 nitrogen and oxygen atoms in total. The third-order valence-corrected chi connectivity index (χ3v) is 6.29. The van der Waals surface area contributed by atoms with Gasteiger partial charge in [0.25, 0.3) is 5.56 Å². The van der Waals surface area contributed by atoms with Crippen molar-refractivity contribution in [2.45, 2.75) is 38.1 Å². The lowest BCUT2D eigenvalue weighted by molar-refractivity contribution is -0.133. The Labute approximate surface area is 155 Å². The minimum Gasteiger partial charge on any atom is -0.339 e. The molecule has 3 aliphatic rings. The summed E-state index contributed by atoms with van der Waals surface area (Å²) in [7, 11) is 0. The van der Waals surface area contributed by atoms with Crippen LogP contribution in [0.3, 0.4) is 0 Å². The molecule has 1 aromatic rings. The van der Waals surface area contributed by atoms with Crippen LogP contribution in [0.4, 0.5) is 0 Å². The number of pyridine rings is 1. The van der Waals surface area contributed by atoms with E-state index in [-0.39, 0.29) is 17.5 Å². The highest BCUT2D eigenvalue weighted by atomic mass is 16.2. The predicted octanol–water partition coefficient (Wildman–Crippen LogP) is 1.04. The lowest BCUT2D eigenvalue weighted by atomic mass is 9.77. The van der Waals surface area contributed by atoms with Gasteiger partial charge in [0.05, 0.1) is 6.54 Å². The van der Waals surface area contributed by atoms with Crippen molar-refractivity contribution >= 4 is 5.91 Å². The maximum atomic E-state index is 12.7. The number of hydrogen-bond acceptors (Lipinski definition) is 4. The van der Waals surface area contributed by atoms with Crippen LogP contribution in [0.5, 0.6) is 0 Å². The zero-order chi connectivity index (χ0) is 18.1. The number of nitrogens with zero attached hydrogens (tertiary/aromatic N) is 3. The highest BCUT2D eigenvalue weighted by Crippen LogP contribution is 2.42. The molecule has 2 saturated heterocycles. The van der Waals surface area contributed by atoms with Crippen LogP contribution in [0.2, 0.25) is 0 Å². The molecule has 1 aromatic heterocycles. The number of amides is 1. The van der Waals surface area contributed by atoms with E-state index in [0.717, 1.165) is 58.5 Å². The van der Waals surface area contributed by atoms with Gasteiger partial charge in [-0.3, -0.25) is 14.5 Å². The molecule has 3 aliphatic heterocycles. The highest BCUT2D eigenvalue weighted by molar-refractivity contribution is 5.78. The average molecular weight is 358 g/mol. The second kappa shape index (κ2) is 7.53. The van der Waals surface area contributed by atoms with Gasteiger partial charge in [-0.1, -0.05) is 19.4 Å². The Balaban J connectivity index is 1.53. The van der Waals surface area contributed by atoms with Gasteiger partial charge >= 0.3 is 0 Å². The molecule has 142 valence electrons. The van der Waals surface area contributed by atoms with E-state index < -0.39 is 0 Å². The minimum atomic E-state index is 0.140. The largest absolute Gasteiger partial charge is 0.339 e. The van der Waals surface area contributed by atoms with Crippen LogP contribution >= 0.6 is 0 Å². The Hall–Kier alpha value is -1.66. The number of fused-ring (bicyclic) bond motifs is 4. The monoisotopic (exact) mass is 358 g/mol. The lowest BCUT2D eigenvalue weighted by Gasteiger charge is -2.47. The van der Waals surface area contributed by atoms with Crippen LogP contribution in [0, 0.1) is 5.92 Å². The summed E-state index contributed by atoms with van der Waals surface area (Å²) in [6, 6.07) is 5.98.